The van der Waals surface area contributed by atoms with Gasteiger partial charge in [0, 0.05) is 50.0 Å². The minimum Gasteiger partial charge on any atom is -0.381 e. The van der Waals surface area contributed by atoms with Gasteiger partial charge in [-0.25, -0.2) is 4.79 Å². The highest BCUT2D eigenvalue weighted by Crippen LogP contribution is 2.19. The molecule has 144 valence electrons. The summed E-state index contributed by atoms with van der Waals surface area (Å²) in [5.74, 6) is 0.0275. The second kappa shape index (κ2) is 8.24. The van der Waals surface area contributed by atoms with Crippen molar-refractivity contribution in [1.82, 2.24) is 14.5 Å². The monoisotopic (exact) mass is 370 g/mol. The minimum absolute atomic E-state index is 0.0275. The Kier molecular flexibility index (Phi) is 5.78. The molecule has 0 unspecified atom stereocenters. The second-order valence-electron chi connectivity index (χ2n) is 7.18. The summed E-state index contributed by atoms with van der Waals surface area (Å²) in [6, 6.07) is 7.83. The molecule has 1 aliphatic heterocycles. The van der Waals surface area contributed by atoms with E-state index in [9.17, 15) is 14.4 Å². The number of anilines is 1. The lowest BCUT2D eigenvalue weighted by molar-refractivity contribution is -0.132. The molecule has 27 heavy (non-hydrogen) atoms. The Balaban J connectivity index is 1.56. The molecule has 2 heterocycles. The molecule has 7 nitrogen and oxygen atoms in total. The van der Waals surface area contributed by atoms with Gasteiger partial charge in [0.05, 0.1) is 0 Å². The zero-order valence-corrected chi connectivity index (χ0v) is 15.8. The molecule has 1 atom stereocenters. The lowest BCUT2D eigenvalue weighted by Gasteiger charge is -2.34. The first-order valence-electron chi connectivity index (χ1n) is 9.34. The van der Waals surface area contributed by atoms with E-state index in [1.807, 2.05) is 4.90 Å². The van der Waals surface area contributed by atoms with Crippen molar-refractivity contribution in [2.45, 2.75) is 45.7 Å². The van der Waals surface area contributed by atoms with Crippen LogP contribution in [0.5, 0.6) is 0 Å². The van der Waals surface area contributed by atoms with Gasteiger partial charge < -0.3 is 14.8 Å². The Bertz CT molecular complexity index is 931. The molecule has 7 heteroatoms. The normalized spacial score (nSPS) is 17.0. The second-order valence-corrected chi connectivity index (χ2v) is 7.18. The fraction of sp³-hybridized carbons (Fsp3) is 0.450. The van der Waals surface area contributed by atoms with Gasteiger partial charge in [0.15, 0.2) is 0 Å². The molecule has 1 aromatic heterocycles. The number of aromatic amines is 1. The third kappa shape index (κ3) is 4.87. The number of benzene rings is 1. The minimum atomic E-state index is -0.483. The molecule has 1 amide bonds. The van der Waals surface area contributed by atoms with E-state index >= 15 is 0 Å². The number of likely N-dealkylation sites (tertiary alicyclic amines) is 1. The van der Waals surface area contributed by atoms with Gasteiger partial charge in [-0.1, -0.05) is 6.07 Å². The zero-order chi connectivity index (χ0) is 19.4. The lowest BCUT2D eigenvalue weighted by Crippen LogP contribution is -2.45. The molecule has 1 aliphatic rings. The standard InChI is InChI=1S/C20H26N4O3/c1-14-5-6-16(12-15(14)2)21-17-4-3-9-24(13-17)19(26)8-11-23-10-7-18(25)22-20(23)27/h5-7,10,12,17,21H,3-4,8-9,11,13H2,1-2H3,(H,22,25,27)/t17-/m1/s1. The highest BCUT2D eigenvalue weighted by molar-refractivity contribution is 5.76. The Morgan fingerprint density at radius 1 is 1.22 bits per heavy atom. The largest absolute Gasteiger partial charge is 0.381 e. The van der Waals surface area contributed by atoms with Gasteiger partial charge >= 0.3 is 5.69 Å². The van der Waals surface area contributed by atoms with Crippen LogP contribution in [0.3, 0.4) is 0 Å². The van der Waals surface area contributed by atoms with Crippen molar-refractivity contribution in [2.24, 2.45) is 0 Å². The number of piperidine rings is 1. The Morgan fingerprint density at radius 2 is 2.04 bits per heavy atom. The Labute approximate surface area is 158 Å². The average Bonchev–Trinajstić information content (AvgIpc) is 2.64. The number of rotatable bonds is 5. The molecule has 1 aromatic carbocycles. The fourth-order valence-electron chi connectivity index (χ4n) is 3.38. The number of aryl methyl sites for hydroxylation is 3. The molecule has 2 N–H and O–H groups in total. The molecule has 0 saturated carbocycles. The van der Waals surface area contributed by atoms with Crippen LogP contribution in [0.25, 0.3) is 0 Å². The summed E-state index contributed by atoms with van der Waals surface area (Å²) in [6.45, 7) is 5.85. The molecular weight excluding hydrogens is 344 g/mol. The molecule has 1 fully saturated rings. The predicted octanol–water partition coefficient (Wildman–Crippen LogP) is 1.65. The van der Waals surface area contributed by atoms with Crippen LogP contribution in [0.4, 0.5) is 5.69 Å². The Morgan fingerprint density at radius 3 is 2.78 bits per heavy atom. The van der Waals surface area contributed by atoms with Crippen molar-refractivity contribution in [3.63, 3.8) is 0 Å². The van der Waals surface area contributed by atoms with Crippen molar-refractivity contribution < 1.29 is 4.79 Å². The first-order chi connectivity index (χ1) is 12.9. The van der Waals surface area contributed by atoms with E-state index in [2.05, 4.69) is 42.3 Å². The van der Waals surface area contributed by atoms with Crippen LogP contribution in [0.1, 0.15) is 30.4 Å². The molecule has 0 aliphatic carbocycles. The van der Waals surface area contributed by atoms with E-state index < -0.39 is 11.2 Å². The number of hydrogen-bond acceptors (Lipinski definition) is 4. The van der Waals surface area contributed by atoms with Crippen LogP contribution >= 0.6 is 0 Å². The Hall–Kier alpha value is -2.83. The molecule has 0 spiro atoms. The maximum atomic E-state index is 12.6. The summed E-state index contributed by atoms with van der Waals surface area (Å²) in [6.07, 6.45) is 3.64. The predicted molar refractivity (Wildman–Crippen MR) is 105 cm³/mol. The first-order valence-corrected chi connectivity index (χ1v) is 9.34. The number of amides is 1. The summed E-state index contributed by atoms with van der Waals surface area (Å²) in [4.78, 5) is 39.4. The topological polar surface area (TPSA) is 87.2 Å². The third-order valence-electron chi connectivity index (χ3n) is 5.12. The van der Waals surface area contributed by atoms with E-state index in [1.54, 1.807) is 0 Å². The highest BCUT2D eigenvalue weighted by atomic mass is 16.2. The van der Waals surface area contributed by atoms with Gasteiger partial charge in [-0.3, -0.25) is 14.6 Å². The van der Waals surface area contributed by atoms with Crippen LogP contribution in [-0.2, 0) is 11.3 Å². The van der Waals surface area contributed by atoms with Gasteiger partial charge in [0.25, 0.3) is 5.56 Å². The van der Waals surface area contributed by atoms with Crippen molar-refractivity contribution in [1.29, 1.82) is 0 Å². The first kappa shape index (κ1) is 18.9. The van der Waals surface area contributed by atoms with Gasteiger partial charge in [0.2, 0.25) is 5.91 Å². The van der Waals surface area contributed by atoms with E-state index in [4.69, 9.17) is 0 Å². The molecule has 1 saturated heterocycles. The van der Waals surface area contributed by atoms with E-state index in [0.29, 0.717) is 6.54 Å². The molecular formula is C20H26N4O3. The summed E-state index contributed by atoms with van der Waals surface area (Å²) in [5.41, 5.74) is 2.67. The number of nitrogens with zero attached hydrogens (tertiary/aromatic N) is 2. The molecule has 0 radical (unpaired) electrons. The van der Waals surface area contributed by atoms with E-state index in [-0.39, 0.29) is 24.9 Å². The van der Waals surface area contributed by atoms with Crippen molar-refractivity contribution in [2.75, 3.05) is 18.4 Å². The fourth-order valence-corrected chi connectivity index (χ4v) is 3.38. The number of carbonyl (C=O) groups excluding carboxylic acids is 1. The summed E-state index contributed by atoms with van der Waals surface area (Å²) < 4.78 is 1.36. The van der Waals surface area contributed by atoms with Crippen LogP contribution < -0.4 is 16.6 Å². The van der Waals surface area contributed by atoms with Gasteiger partial charge in [-0.2, -0.15) is 0 Å². The number of hydrogen-bond donors (Lipinski definition) is 2. The summed E-state index contributed by atoms with van der Waals surface area (Å²) >= 11 is 0. The number of aromatic nitrogens is 2. The van der Waals surface area contributed by atoms with Gasteiger partial charge in [-0.05, 0) is 49.9 Å². The third-order valence-corrected chi connectivity index (χ3v) is 5.12. The van der Waals surface area contributed by atoms with Crippen molar-refractivity contribution in [3.8, 4) is 0 Å². The van der Waals surface area contributed by atoms with Crippen LogP contribution in [0.2, 0.25) is 0 Å². The number of nitrogens with one attached hydrogen (secondary N) is 2. The van der Waals surface area contributed by atoms with Crippen LogP contribution in [-0.4, -0.2) is 39.5 Å². The van der Waals surface area contributed by atoms with E-state index in [0.717, 1.165) is 25.1 Å². The van der Waals surface area contributed by atoms with Gasteiger partial charge in [-0.15, -0.1) is 0 Å². The maximum absolute atomic E-state index is 12.6. The quantitative estimate of drug-likeness (QED) is 0.838. The number of H-pyrrole nitrogens is 1. The molecule has 2 aromatic rings. The SMILES string of the molecule is Cc1ccc(N[C@@H]2CCCN(C(=O)CCn3ccc(=O)[nH]c3=O)C2)cc1C. The summed E-state index contributed by atoms with van der Waals surface area (Å²) in [5, 5.41) is 3.53. The van der Waals surface area contributed by atoms with Gasteiger partial charge in [0.1, 0.15) is 0 Å². The lowest BCUT2D eigenvalue weighted by atomic mass is 10.0. The average molecular weight is 370 g/mol. The summed E-state index contributed by atoms with van der Waals surface area (Å²) in [7, 11) is 0. The van der Waals surface area contributed by atoms with Crippen LogP contribution in [0, 0.1) is 13.8 Å². The highest BCUT2D eigenvalue weighted by Gasteiger charge is 2.23. The molecule has 3 rings (SSSR count). The van der Waals surface area contributed by atoms with Crippen molar-refractivity contribution >= 4 is 11.6 Å². The van der Waals surface area contributed by atoms with E-state index in [1.165, 1.54) is 28.0 Å². The molecule has 0 bridgehead atoms. The maximum Gasteiger partial charge on any atom is 0.328 e. The zero-order valence-electron chi connectivity index (χ0n) is 15.8. The van der Waals surface area contributed by atoms with Crippen LogP contribution in [0.15, 0.2) is 40.1 Å². The van der Waals surface area contributed by atoms with Crippen molar-refractivity contribution in [3.05, 3.63) is 62.4 Å². The number of carbonyl (C=O) groups is 1. The smallest absolute Gasteiger partial charge is 0.328 e.